The van der Waals surface area contributed by atoms with Gasteiger partial charge in [-0.1, -0.05) is 36.8 Å². The lowest BCUT2D eigenvalue weighted by Crippen LogP contribution is -2.68. The fourth-order valence-corrected chi connectivity index (χ4v) is 4.59. The quantitative estimate of drug-likeness (QED) is 0.341. The van der Waals surface area contributed by atoms with Crippen molar-refractivity contribution in [1.82, 2.24) is 20.2 Å². The topological polar surface area (TPSA) is 63.5 Å². The van der Waals surface area contributed by atoms with Crippen molar-refractivity contribution in [1.29, 1.82) is 0 Å². The molecule has 7 heteroatoms. The molecule has 2 aliphatic rings. The molecule has 2 saturated carbocycles. The largest absolute Gasteiger partial charge is 0.378 e. The molecule has 2 unspecified atom stereocenters. The lowest BCUT2D eigenvalue weighted by molar-refractivity contribution is -0.168. The highest BCUT2D eigenvalue weighted by Crippen LogP contribution is 2.57. The van der Waals surface area contributed by atoms with Crippen molar-refractivity contribution in [3.8, 4) is 0 Å². The van der Waals surface area contributed by atoms with E-state index in [1.807, 2.05) is 25.5 Å². The average molecular weight is 509 g/mol. The van der Waals surface area contributed by atoms with E-state index in [0.717, 1.165) is 31.4 Å². The maximum Gasteiger partial charge on any atom is 0.191 e. The molecule has 0 saturated heterocycles. The predicted molar refractivity (Wildman–Crippen MR) is 127 cm³/mol. The van der Waals surface area contributed by atoms with Gasteiger partial charge >= 0.3 is 0 Å². The number of imidazole rings is 1. The molecule has 0 amide bonds. The molecule has 29 heavy (non-hydrogen) atoms. The summed E-state index contributed by atoms with van der Waals surface area (Å²) in [6.45, 7) is 4.36. The minimum atomic E-state index is 0. The van der Waals surface area contributed by atoms with Gasteiger partial charge in [0.1, 0.15) is 5.82 Å². The molecule has 0 bridgehead atoms. The van der Waals surface area contributed by atoms with E-state index in [1.165, 1.54) is 24.8 Å². The Morgan fingerprint density at radius 2 is 2.10 bits per heavy atom. The number of rotatable bonds is 7. The third-order valence-corrected chi connectivity index (χ3v) is 6.38. The molecular weight excluding hydrogens is 477 g/mol. The van der Waals surface area contributed by atoms with Gasteiger partial charge in [0, 0.05) is 44.0 Å². The number of ether oxygens (including phenoxy) is 1. The highest BCUT2D eigenvalue weighted by Gasteiger charge is 2.59. The van der Waals surface area contributed by atoms with E-state index in [-0.39, 0.29) is 24.0 Å². The number of nitrogens with zero attached hydrogens (tertiary/aromatic N) is 3. The van der Waals surface area contributed by atoms with E-state index in [9.17, 15) is 0 Å². The van der Waals surface area contributed by atoms with Crippen LogP contribution in [0.3, 0.4) is 0 Å². The van der Waals surface area contributed by atoms with Crippen molar-refractivity contribution >= 4 is 29.9 Å². The molecule has 1 heterocycles. The average Bonchev–Trinajstić information content (AvgIpc) is 3.10. The second kappa shape index (κ2) is 9.93. The van der Waals surface area contributed by atoms with Gasteiger partial charge in [0.05, 0.1) is 12.6 Å². The van der Waals surface area contributed by atoms with Crippen molar-refractivity contribution in [2.45, 2.75) is 57.8 Å². The van der Waals surface area contributed by atoms with Crippen LogP contribution >= 0.6 is 24.0 Å². The van der Waals surface area contributed by atoms with E-state index in [2.05, 4.69) is 56.4 Å². The highest BCUT2D eigenvalue weighted by molar-refractivity contribution is 14.0. The van der Waals surface area contributed by atoms with Gasteiger partial charge < -0.3 is 19.9 Å². The Morgan fingerprint density at radius 1 is 1.31 bits per heavy atom. The number of hydrogen-bond donors (Lipinski definition) is 2. The lowest BCUT2D eigenvalue weighted by Gasteiger charge is -2.61. The fraction of sp³-hybridized carbons (Fsp3) is 0.545. The first-order valence-corrected chi connectivity index (χ1v) is 10.4. The maximum atomic E-state index is 5.96. The molecule has 2 aliphatic carbocycles. The molecule has 2 fully saturated rings. The van der Waals surface area contributed by atoms with Crippen molar-refractivity contribution in [3.05, 3.63) is 54.1 Å². The number of aliphatic imine (C=N–C) groups is 1. The van der Waals surface area contributed by atoms with Gasteiger partial charge in [-0.05, 0) is 31.7 Å². The first-order chi connectivity index (χ1) is 13.7. The summed E-state index contributed by atoms with van der Waals surface area (Å²) < 4.78 is 8.14. The molecule has 6 nitrogen and oxygen atoms in total. The van der Waals surface area contributed by atoms with Crippen LogP contribution in [0.2, 0.25) is 0 Å². The molecule has 2 aromatic rings. The standard InChI is InChI=1S/C22H31N5O.HI/c1-3-28-19-14-18(22(19)10-7-11-22)26-21(23-2)25-15-20-24-12-13-27(20)16-17-8-5-4-6-9-17;/h4-6,8-9,12-13,18-19H,3,7,10-11,14-16H2,1-2H3,(H2,23,25,26);1H. The SMILES string of the molecule is CCOC1CC(NC(=NC)NCc2nccn2Cc2ccccc2)C12CCC2.I. The summed E-state index contributed by atoms with van der Waals surface area (Å²) in [5.41, 5.74) is 1.59. The van der Waals surface area contributed by atoms with Gasteiger partial charge in [-0.3, -0.25) is 4.99 Å². The Hall–Kier alpha value is -1.61. The van der Waals surface area contributed by atoms with E-state index >= 15 is 0 Å². The Balaban J connectivity index is 0.00000240. The van der Waals surface area contributed by atoms with E-state index in [1.54, 1.807) is 0 Å². The van der Waals surface area contributed by atoms with Gasteiger partial charge in [0.2, 0.25) is 0 Å². The molecule has 158 valence electrons. The molecule has 4 rings (SSSR count). The molecular formula is C22H32IN5O. The number of halogens is 1. The minimum Gasteiger partial charge on any atom is -0.378 e. The van der Waals surface area contributed by atoms with E-state index < -0.39 is 0 Å². The number of hydrogen-bond acceptors (Lipinski definition) is 3. The summed E-state index contributed by atoms with van der Waals surface area (Å²) in [7, 11) is 1.83. The monoisotopic (exact) mass is 509 g/mol. The van der Waals surface area contributed by atoms with Crippen LogP contribution in [0.1, 0.15) is 44.0 Å². The van der Waals surface area contributed by atoms with E-state index in [4.69, 9.17) is 4.74 Å². The zero-order valence-electron chi connectivity index (χ0n) is 17.3. The molecule has 2 N–H and O–H groups in total. The Bertz CT molecular complexity index is 803. The van der Waals surface area contributed by atoms with Crippen LogP contribution in [0.4, 0.5) is 0 Å². The first-order valence-electron chi connectivity index (χ1n) is 10.4. The summed E-state index contributed by atoms with van der Waals surface area (Å²) in [5, 5.41) is 7.08. The molecule has 1 spiro atoms. The van der Waals surface area contributed by atoms with Crippen LogP contribution in [0, 0.1) is 5.41 Å². The molecule has 0 aliphatic heterocycles. The van der Waals surface area contributed by atoms with Gasteiger partial charge in [-0.15, -0.1) is 24.0 Å². The van der Waals surface area contributed by atoms with Crippen molar-refractivity contribution in [2.24, 2.45) is 10.4 Å². The summed E-state index contributed by atoms with van der Waals surface area (Å²) in [6, 6.07) is 10.9. The smallest absolute Gasteiger partial charge is 0.191 e. The normalized spacial score (nSPS) is 22.3. The number of aromatic nitrogens is 2. The van der Waals surface area contributed by atoms with E-state index in [0.29, 0.717) is 24.1 Å². The summed E-state index contributed by atoms with van der Waals surface area (Å²) in [6.07, 6.45) is 9.19. The van der Waals surface area contributed by atoms with Crippen molar-refractivity contribution < 1.29 is 4.74 Å². The zero-order valence-corrected chi connectivity index (χ0v) is 19.6. The van der Waals surface area contributed by atoms with Gasteiger partial charge in [-0.2, -0.15) is 0 Å². The van der Waals surface area contributed by atoms with Crippen LogP contribution in [0.25, 0.3) is 0 Å². The zero-order chi connectivity index (χ0) is 19.4. The van der Waals surface area contributed by atoms with Crippen LogP contribution in [0.15, 0.2) is 47.7 Å². The fourth-order valence-electron chi connectivity index (χ4n) is 4.59. The Kier molecular flexibility index (Phi) is 7.56. The van der Waals surface area contributed by atoms with Crippen LogP contribution in [0.5, 0.6) is 0 Å². The molecule has 1 aromatic heterocycles. The third kappa shape index (κ3) is 4.60. The maximum absolute atomic E-state index is 5.96. The van der Waals surface area contributed by atoms with Gasteiger partial charge in [0.15, 0.2) is 5.96 Å². The van der Waals surface area contributed by atoms with Crippen LogP contribution in [-0.2, 0) is 17.8 Å². The van der Waals surface area contributed by atoms with Gasteiger partial charge in [-0.25, -0.2) is 4.98 Å². The van der Waals surface area contributed by atoms with Crippen LogP contribution in [-0.4, -0.2) is 41.3 Å². The second-order valence-corrected chi connectivity index (χ2v) is 7.85. The van der Waals surface area contributed by atoms with Crippen molar-refractivity contribution in [2.75, 3.05) is 13.7 Å². The minimum absolute atomic E-state index is 0. The summed E-state index contributed by atoms with van der Waals surface area (Å²) in [4.78, 5) is 8.96. The number of guanidine groups is 1. The molecule has 0 radical (unpaired) electrons. The highest BCUT2D eigenvalue weighted by atomic mass is 127. The van der Waals surface area contributed by atoms with Crippen LogP contribution < -0.4 is 10.6 Å². The molecule has 2 atom stereocenters. The number of nitrogens with one attached hydrogen (secondary N) is 2. The Labute approximate surface area is 190 Å². The first kappa shape index (κ1) is 22.1. The third-order valence-electron chi connectivity index (χ3n) is 6.38. The predicted octanol–water partition coefficient (Wildman–Crippen LogP) is 3.56. The summed E-state index contributed by atoms with van der Waals surface area (Å²) >= 11 is 0. The lowest BCUT2D eigenvalue weighted by atomic mass is 9.51. The van der Waals surface area contributed by atoms with Crippen molar-refractivity contribution in [3.63, 3.8) is 0 Å². The number of benzene rings is 1. The molecule has 1 aromatic carbocycles. The summed E-state index contributed by atoms with van der Waals surface area (Å²) in [5.74, 6) is 1.85. The Morgan fingerprint density at radius 3 is 2.76 bits per heavy atom. The van der Waals surface area contributed by atoms with Gasteiger partial charge in [0.25, 0.3) is 0 Å². The second-order valence-electron chi connectivity index (χ2n) is 7.85.